The zero-order valence-corrected chi connectivity index (χ0v) is 10.4. The molecule has 94 valence electrons. The van der Waals surface area contributed by atoms with E-state index in [9.17, 15) is 4.79 Å². The van der Waals surface area contributed by atoms with Crippen molar-refractivity contribution in [2.45, 2.75) is 26.3 Å². The Bertz CT molecular complexity index is 418. The fraction of sp³-hybridized carbons (Fsp3) is 0.417. The molecule has 0 saturated carbocycles. The molecule has 0 aromatic heterocycles. The molecule has 1 rings (SSSR count). The Kier molecular flexibility index (Phi) is 4.48. The molecule has 5 N–H and O–H groups in total. The lowest BCUT2D eigenvalue weighted by Gasteiger charge is -2.17. The van der Waals surface area contributed by atoms with Gasteiger partial charge in [0.05, 0.1) is 7.11 Å². The number of hydrazine groups is 1. The van der Waals surface area contributed by atoms with Gasteiger partial charge in [0.15, 0.2) is 0 Å². The van der Waals surface area contributed by atoms with Crippen molar-refractivity contribution in [3.63, 3.8) is 0 Å². The monoisotopic (exact) mass is 237 g/mol. The Balaban J connectivity index is 2.99. The second kappa shape index (κ2) is 5.65. The maximum absolute atomic E-state index is 11.2. The molecule has 1 amide bonds. The van der Waals surface area contributed by atoms with E-state index in [0.717, 1.165) is 22.4 Å². The number of nitrogens with one attached hydrogen (secondary N) is 1. The van der Waals surface area contributed by atoms with Gasteiger partial charge < -0.3 is 10.5 Å². The zero-order chi connectivity index (χ0) is 13.0. The number of nitrogens with two attached hydrogens (primary N) is 2. The molecule has 0 aliphatic rings. The molecule has 0 spiro atoms. The molecule has 1 aromatic carbocycles. The summed E-state index contributed by atoms with van der Waals surface area (Å²) in [5, 5.41) is 0. The van der Waals surface area contributed by atoms with Crippen molar-refractivity contribution in [2.75, 3.05) is 7.11 Å². The largest absolute Gasteiger partial charge is 0.496 e. The summed E-state index contributed by atoms with van der Waals surface area (Å²) < 4.78 is 5.22. The Hall–Kier alpha value is -1.59. The number of methoxy groups -OCH3 is 1. The molecule has 17 heavy (non-hydrogen) atoms. The first-order valence-corrected chi connectivity index (χ1v) is 5.40. The molecule has 0 radical (unpaired) electrons. The molecule has 5 heteroatoms. The van der Waals surface area contributed by atoms with Crippen molar-refractivity contribution >= 4 is 5.91 Å². The van der Waals surface area contributed by atoms with Crippen molar-refractivity contribution in [2.24, 2.45) is 11.6 Å². The van der Waals surface area contributed by atoms with Crippen molar-refractivity contribution in [3.8, 4) is 5.75 Å². The number of rotatable bonds is 4. The number of carbonyl (C=O) groups is 1. The van der Waals surface area contributed by atoms with E-state index in [1.807, 2.05) is 26.0 Å². The van der Waals surface area contributed by atoms with Gasteiger partial charge in [0.25, 0.3) is 0 Å². The topological polar surface area (TPSA) is 90.4 Å². The van der Waals surface area contributed by atoms with Gasteiger partial charge in [-0.15, -0.1) is 0 Å². The lowest BCUT2D eigenvalue weighted by molar-refractivity contribution is -0.121. The predicted octanol–water partition coefficient (Wildman–Crippen LogP) is 0.692. The quantitative estimate of drug-likeness (QED) is 0.408. The van der Waals surface area contributed by atoms with Crippen LogP contribution >= 0.6 is 0 Å². The first kappa shape index (κ1) is 13.5. The van der Waals surface area contributed by atoms with E-state index < -0.39 is 0 Å². The van der Waals surface area contributed by atoms with Crippen LogP contribution in [0.5, 0.6) is 5.75 Å². The molecule has 1 aromatic rings. The van der Waals surface area contributed by atoms with E-state index in [-0.39, 0.29) is 18.4 Å². The summed E-state index contributed by atoms with van der Waals surface area (Å²) >= 11 is 0. The van der Waals surface area contributed by atoms with Crippen LogP contribution in [-0.2, 0) is 4.79 Å². The van der Waals surface area contributed by atoms with Crippen molar-refractivity contribution in [3.05, 3.63) is 28.8 Å². The molecule has 1 unspecified atom stereocenters. The fourth-order valence-corrected chi connectivity index (χ4v) is 1.81. The van der Waals surface area contributed by atoms with Gasteiger partial charge in [-0.2, -0.15) is 0 Å². The third-order valence-corrected chi connectivity index (χ3v) is 2.97. The van der Waals surface area contributed by atoms with E-state index in [2.05, 4.69) is 5.43 Å². The van der Waals surface area contributed by atoms with Crippen molar-refractivity contribution in [1.82, 2.24) is 5.43 Å². The second-order valence-corrected chi connectivity index (χ2v) is 3.99. The maximum Gasteiger partial charge on any atom is 0.235 e. The minimum atomic E-state index is -0.358. The Morgan fingerprint density at radius 2 is 2.06 bits per heavy atom. The van der Waals surface area contributed by atoms with Gasteiger partial charge in [0, 0.05) is 12.5 Å². The van der Waals surface area contributed by atoms with E-state index >= 15 is 0 Å². The van der Waals surface area contributed by atoms with Crippen LogP contribution in [0.15, 0.2) is 12.1 Å². The summed E-state index contributed by atoms with van der Waals surface area (Å²) in [7, 11) is 1.63. The SMILES string of the molecule is COc1ccc(C(N)CC(=O)NN)c(C)c1C. The van der Waals surface area contributed by atoms with E-state index in [1.165, 1.54) is 0 Å². The molecule has 0 saturated heterocycles. The highest BCUT2D eigenvalue weighted by atomic mass is 16.5. The van der Waals surface area contributed by atoms with E-state index in [4.69, 9.17) is 16.3 Å². The van der Waals surface area contributed by atoms with Crippen molar-refractivity contribution < 1.29 is 9.53 Å². The van der Waals surface area contributed by atoms with Crippen LogP contribution in [-0.4, -0.2) is 13.0 Å². The third-order valence-electron chi connectivity index (χ3n) is 2.97. The summed E-state index contributed by atoms with van der Waals surface area (Å²) in [4.78, 5) is 11.2. The number of ether oxygens (including phenoxy) is 1. The van der Waals surface area contributed by atoms with Crippen LogP contribution in [0.4, 0.5) is 0 Å². The lowest BCUT2D eigenvalue weighted by Crippen LogP contribution is -2.32. The van der Waals surface area contributed by atoms with Gasteiger partial charge in [0.1, 0.15) is 5.75 Å². The zero-order valence-electron chi connectivity index (χ0n) is 10.4. The Morgan fingerprint density at radius 1 is 1.41 bits per heavy atom. The average Bonchev–Trinajstić information content (AvgIpc) is 2.32. The molecule has 5 nitrogen and oxygen atoms in total. The third kappa shape index (κ3) is 2.95. The van der Waals surface area contributed by atoms with Gasteiger partial charge >= 0.3 is 0 Å². The van der Waals surface area contributed by atoms with Gasteiger partial charge in [-0.05, 0) is 36.6 Å². The van der Waals surface area contributed by atoms with E-state index in [0.29, 0.717) is 0 Å². The summed E-state index contributed by atoms with van der Waals surface area (Å²) in [5.41, 5.74) is 11.1. The highest BCUT2D eigenvalue weighted by Gasteiger charge is 2.15. The van der Waals surface area contributed by atoms with Crippen LogP contribution in [0.3, 0.4) is 0 Å². The smallest absolute Gasteiger partial charge is 0.235 e. The molecular formula is C12H19N3O2. The standard InChI is InChI=1S/C12H19N3O2/c1-7-8(2)11(17-3)5-4-9(7)10(13)6-12(16)15-14/h4-5,10H,6,13-14H2,1-3H3,(H,15,16). The first-order valence-electron chi connectivity index (χ1n) is 5.40. The molecule has 0 fully saturated rings. The fourth-order valence-electron chi connectivity index (χ4n) is 1.81. The molecule has 0 heterocycles. The van der Waals surface area contributed by atoms with E-state index in [1.54, 1.807) is 7.11 Å². The Labute approximate surface area is 101 Å². The van der Waals surface area contributed by atoms with Crippen LogP contribution in [0, 0.1) is 13.8 Å². The molecule has 0 aliphatic heterocycles. The van der Waals surface area contributed by atoms with Crippen LogP contribution in [0.2, 0.25) is 0 Å². The Morgan fingerprint density at radius 3 is 2.59 bits per heavy atom. The summed E-state index contributed by atoms with van der Waals surface area (Å²) in [6.07, 6.45) is 0.170. The maximum atomic E-state index is 11.2. The van der Waals surface area contributed by atoms with Gasteiger partial charge in [0.2, 0.25) is 5.91 Å². The van der Waals surface area contributed by atoms with Gasteiger partial charge in [-0.25, -0.2) is 5.84 Å². The van der Waals surface area contributed by atoms with Crippen LogP contribution in [0.25, 0.3) is 0 Å². The molecular weight excluding hydrogens is 218 g/mol. The number of benzene rings is 1. The minimum Gasteiger partial charge on any atom is -0.496 e. The number of hydrogen-bond acceptors (Lipinski definition) is 4. The molecule has 1 atom stereocenters. The molecule has 0 aliphatic carbocycles. The molecule has 0 bridgehead atoms. The lowest BCUT2D eigenvalue weighted by atomic mass is 9.95. The summed E-state index contributed by atoms with van der Waals surface area (Å²) in [5.74, 6) is 5.59. The van der Waals surface area contributed by atoms with Crippen molar-refractivity contribution in [1.29, 1.82) is 0 Å². The summed E-state index contributed by atoms with van der Waals surface area (Å²) in [6, 6.07) is 3.39. The van der Waals surface area contributed by atoms with Gasteiger partial charge in [-0.3, -0.25) is 10.2 Å². The highest BCUT2D eigenvalue weighted by molar-refractivity contribution is 5.76. The second-order valence-electron chi connectivity index (χ2n) is 3.99. The average molecular weight is 237 g/mol. The first-order chi connectivity index (χ1) is 8.01. The summed E-state index contributed by atoms with van der Waals surface area (Å²) in [6.45, 7) is 3.93. The number of hydrogen-bond donors (Lipinski definition) is 3. The highest BCUT2D eigenvalue weighted by Crippen LogP contribution is 2.27. The van der Waals surface area contributed by atoms with Gasteiger partial charge in [-0.1, -0.05) is 6.07 Å². The normalized spacial score (nSPS) is 12.1. The van der Waals surface area contributed by atoms with Crippen LogP contribution < -0.4 is 21.7 Å². The minimum absolute atomic E-state index is 0.170. The number of carbonyl (C=O) groups excluding carboxylic acids is 1. The number of amides is 1. The predicted molar refractivity (Wildman–Crippen MR) is 66.3 cm³/mol. The van der Waals surface area contributed by atoms with Crippen LogP contribution in [0.1, 0.15) is 29.2 Å².